The lowest BCUT2D eigenvalue weighted by Crippen LogP contribution is -2.00. The van der Waals surface area contributed by atoms with Crippen molar-refractivity contribution < 1.29 is 14.6 Å². The summed E-state index contributed by atoms with van der Waals surface area (Å²) in [7, 11) is 1.54. The molecule has 0 fully saturated rings. The number of ether oxygens (including phenoxy) is 2. The van der Waals surface area contributed by atoms with Crippen molar-refractivity contribution >= 4 is 39.1 Å². The van der Waals surface area contributed by atoms with Crippen molar-refractivity contribution in [3.8, 4) is 17.2 Å². The molecular weight excluding hydrogens is 379 g/mol. The van der Waals surface area contributed by atoms with Crippen molar-refractivity contribution in [1.82, 2.24) is 0 Å². The molecule has 0 aliphatic rings. The first-order valence-electron chi connectivity index (χ1n) is 6.11. The number of benzene rings is 2. The van der Waals surface area contributed by atoms with E-state index in [9.17, 15) is 5.11 Å². The molecule has 0 unspecified atom stereocenters. The second-order valence-corrected chi connectivity index (χ2v) is 6.02. The standard InChI is InChI=1S/C15H13BrCl2O3/c1-8(19)15-12(20-2)4-3-5-13(15)21-14-7-10(17)9(16)6-11(14)18/h3-8,19H,1-2H3/t8-/m1/s1. The third kappa shape index (κ3) is 3.64. The van der Waals surface area contributed by atoms with E-state index in [-0.39, 0.29) is 0 Å². The third-order valence-electron chi connectivity index (χ3n) is 2.86. The second-order valence-electron chi connectivity index (χ2n) is 4.35. The van der Waals surface area contributed by atoms with Gasteiger partial charge in [0.15, 0.2) is 0 Å². The molecule has 0 aliphatic carbocycles. The van der Waals surface area contributed by atoms with E-state index in [0.717, 1.165) is 0 Å². The molecule has 0 radical (unpaired) electrons. The number of hydrogen-bond acceptors (Lipinski definition) is 3. The molecule has 2 aromatic carbocycles. The summed E-state index contributed by atoms with van der Waals surface area (Å²) in [4.78, 5) is 0. The summed E-state index contributed by atoms with van der Waals surface area (Å²) in [6.07, 6.45) is -0.749. The lowest BCUT2D eigenvalue weighted by atomic mass is 10.1. The lowest BCUT2D eigenvalue weighted by Gasteiger charge is -2.17. The van der Waals surface area contributed by atoms with Gasteiger partial charge in [-0.1, -0.05) is 29.3 Å². The number of halogens is 3. The number of aliphatic hydroxyl groups is 1. The van der Waals surface area contributed by atoms with Gasteiger partial charge in [-0.25, -0.2) is 0 Å². The predicted octanol–water partition coefficient (Wildman–Crippen LogP) is 5.61. The van der Waals surface area contributed by atoms with Gasteiger partial charge in [0.2, 0.25) is 0 Å². The van der Waals surface area contributed by atoms with Crippen molar-refractivity contribution in [2.75, 3.05) is 7.11 Å². The fraction of sp³-hybridized carbons (Fsp3) is 0.200. The minimum Gasteiger partial charge on any atom is -0.496 e. The zero-order chi connectivity index (χ0) is 15.6. The quantitative estimate of drug-likeness (QED) is 0.688. The van der Waals surface area contributed by atoms with E-state index in [0.29, 0.717) is 37.3 Å². The van der Waals surface area contributed by atoms with Gasteiger partial charge < -0.3 is 14.6 Å². The summed E-state index contributed by atoms with van der Waals surface area (Å²) < 4.78 is 11.7. The van der Waals surface area contributed by atoms with Crippen molar-refractivity contribution in [3.63, 3.8) is 0 Å². The predicted molar refractivity (Wildman–Crippen MR) is 87.9 cm³/mol. The average Bonchev–Trinajstić information content (AvgIpc) is 2.44. The molecule has 1 atom stereocenters. The fourth-order valence-corrected chi connectivity index (χ4v) is 2.73. The van der Waals surface area contributed by atoms with Gasteiger partial charge in [0, 0.05) is 10.5 Å². The molecule has 0 aromatic heterocycles. The van der Waals surface area contributed by atoms with Gasteiger partial charge in [0.05, 0.1) is 28.8 Å². The number of rotatable bonds is 4. The SMILES string of the molecule is COc1cccc(Oc2cc(Cl)c(Br)cc2Cl)c1[C@@H](C)O. The molecule has 0 aliphatic heterocycles. The first kappa shape index (κ1) is 16.4. The molecule has 3 nitrogen and oxygen atoms in total. The molecule has 1 N–H and O–H groups in total. The average molecular weight is 392 g/mol. The van der Waals surface area contributed by atoms with Crippen LogP contribution in [-0.4, -0.2) is 12.2 Å². The topological polar surface area (TPSA) is 38.7 Å². The summed E-state index contributed by atoms with van der Waals surface area (Å²) in [6, 6.07) is 8.52. The number of hydrogen-bond donors (Lipinski definition) is 1. The molecule has 6 heteroatoms. The van der Waals surface area contributed by atoms with Crippen molar-refractivity contribution in [2.24, 2.45) is 0 Å². The molecule has 21 heavy (non-hydrogen) atoms. The Morgan fingerprint density at radius 3 is 2.38 bits per heavy atom. The molecule has 0 spiro atoms. The molecule has 0 heterocycles. The van der Waals surface area contributed by atoms with Crippen LogP contribution in [0.3, 0.4) is 0 Å². The first-order chi connectivity index (χ1) is 9.93. The minimum absolute atomic E-state index is 0.403. The number of aliphatic hydroxyl groups excluding tert-OH is 1. The van der Waals surface area contributed by atoms with Crippen LogP contribution in [-0.2, 0) is 0 Å². The minimum atomic E-state index is -0.749. The zero-order valence-electron chi connectivity index (χ0n) is 11.4. The van der Waals surface area contributed by atoms with Gasteiger partial charge in [0.1, 0.15) is 17.2 Å². The van der Waals surface area contributed by atoms with Gasteiger partial charge in [0.25, 0.3) is 0 Å². The second kappa shape index (κ2) is 6.88. The summed E-state index contributed by atoms with van der Waals surface area (Å²) in [6.45, 7) is 1.64. The lowest BCUT2D eigenvalue weighted by molar-refractivity contribution is 0.190. The van der Waals surface area contributed by atoms with E-state index in [1.165, 1.54) is 7.11 Å². The van der Waals surface area contributed by atoms with Crippen molar-refractivity contribution in [2.45, 2.75) is 13.0 Å². The highest BCUT2D eigenvalue weighted by atomic mass is 79.9. The van der Waals surface area contributed by atoms with E-state index in [1.807, 2.05) is 0 Å². The summed E-state index contributed by atoms with van der Waals surface area (Å²) in [5.74, 6) is 1.41. The van der Waals surface area contributed by atoms with Gasteiger partial charge in [-0.3, -0.25) is 0 Å². The van der Waals surface area contributed by atoms with Crippen LogP contribution < -0.4 is 9.47 Å². The molecule has 2 aromatic rings. The number of methoxy groups -OCH3 is 1. The van der Waals surface area contributed by atoms with Crippen molar-refractivity contribution in [1.29, 1.82) is 0 Å². The van der Waals surface area contributed by atoms with Crippen LogP contribution >= 0.6 is 39.1 Å². The fourth-order valence-electron chi connectivity index (χ4n) is 1.90. The van der Waals surface area contributed by atoms with E-state index in [4.69, 9.17) is 32.7 Å². The molecule has 0 saturated heterocycles. The van der Waals surface area contributed by atoms with Crippen LogP contribution in [0, 0.1) is 0 Å². The molecule has 0 bridgehead atoms. The Kier molecular flexibility index (Phi) is 5.38. The van der Waals surface area contributed by atoms with Gasteiger partial charge in [-0.15, -0.1) is 0 Å². The van der Waals surface area contributed by atoms with Gasteiger partial charge in [-0.05, 0) is 41.1 Å². The van der Waals surface area contributed by atoms with Crippen LogP contribution in [0.4, 0.5) is 0 Å². The van der Waals surface area contributed by atoms with Gasteiger partial charge in [-0.2, -0.15) is 0 Å². The van der Waals surface area contributed by atoms with E-state index < -0.39 is 6.10 Å². The maximum atomic E-state index is 9.94. The molecular formula is C15H13BrCl2O3. The van der Waals surface area contributed by atoms with Crippen molar-refractivity contribution in [3.05, 3.63) is 50.4 Å². The Morgan fingerprint density at radius 1 is 1.10 bits per heavy atom. The highest BCUT2D eigenvalue weighted by Gasteiger charge is 2.17. The summed E-state index contributed by atoms with van der Waals surface area (Å²) in [5.41, 5.74) is 0.551. The maximum Gasteiger partial charge on any atom is 0.147 e. The Labute approximate surface area is 141 Å². The smallest absolute Gasteiger partial charge is 0.147 e. The largest absolute Gasteiger partial charge is 0.496 e. The van der Waals surface area contributed by atoms with Crippen LogP contribution in [0.25, 0.3) is 0 Å². The Balaban J connectivity index is 2.47. The first-order valence-corrected chi connectivity index (χ1v) is 7.66. The van der Waals surface area contributed by atoms with E-state index >= 15 is 0 Å². The third-order valence-corrected chi connectivity index (χ3v) is 4.35. The summed E-state index contributed by atoms with van der Waals surface area (Å²) >= 11 is 15.5. The highest BCUT2D eigenvalue weighted by Crippen LogP contribution is 2.40. The normalized spacial score (nSPS) is 12.1. The van der Waals surface area contributed by atoms with Gasteiger partial charge >= 0.3 is 0 Å². The Morgan fingerprint density at radius 2 is 1.76 bits per heavy atom. The monoisotopic (exact) mass is 390 g/mol. The van der Waals surface area contributed by atoms with Crippen LogP contribution in [0.1, 0.15) is 18.6 Å². The molecule has 2 rings (SSSR count). The van der Waals surface area contributed by atoms with E-state index in [2.05, 4.69) is 15.9 Å². The highest BCUT2D eigenvalue weighted by molar-refractivity contribution is 9.10. The van der Waals surface area contributed by atoms with Crippen LogP contribution in [0.5, 0.6) is 17.2 Å². The molecule has 0 saturated carbocycles. The Bertz CT molecular complexity index is 660. The van der Waals surface area contributed by atoms with Crippen LogP contribution in [0.15, 0.2) is 34.8 Å². The maximum absolute atomic E-state index is 9.94. The van der Waals surface area contributed by atoms with Crippen LogP contribution in [0.2, 0.25) is 10.0 Å². The molecule has 0 amide bonds. The zero-order valence-corrected chi connectivity index (χ0v) is 14.5. The summed E-state index contributed by atoms with van der Waals surface area (Å²) in [5, 5.41) is 10.8. The molecule has 112 valence electrons. The van der Waals surface area contributed by atoms with E-state index in [1.54, 1.807) is 37.3 Å². The Hall–Kier alpha value is -0.940.